The third kappa shape index (κ3) is 1.46. The molecule has 0 unspecified atom stereocenters. The summed E-state index contributed by atoms with van der Waals surface area (Å²) in [4.78, 5) is 10.2. The van der Waals surface area contributed by atoms with E-state index in [0.29, 0.717) is 11.3 Å². The molecule has 0 aromatic heterocycles. The van der Waals surface area contributed by atoms with Crippen LogP contribution in [0.1, 0.15) is 5.56 Å². The van der Waals surface area contributed by atoms with E-state index in [-0.39, 0.29) is 10.6 Å². The van der Waals surface area contributed by atoms with Crippen LogP contribution in [0, 0.1) is 11.8 Å². The zero-order valence-corrected chi connectivity index (χ0v) is 6.11. The molecule has 0 aliphatic carbocycles. The lowest BCUT2D eigenvalue weighted by atomic mass is 10.2. The topological polar surface area (TPSA) is 66.3 Å². The number of nitrogen functional groups attached to an aromatic ring is 1. The van der Waals surface area contributed by atoms with Gasteiger partial charge in [0.2, 0.25) is 0 Å². The zero-order chi connectivity index (χ0) is 8.43. The Morgan fingerprint density at radius 2 is 2.18 bits per heavy atom. The van der Waals surface area contributed by atoms with Crippen LogP contribution in [0.15, 0.2) is 18.2 Å². The van der Waals surface area contributed by atoms with Gasteiger partial charge in [-0.15, -0.1) is 0 Å². The number of rotatable bonds is 1. The Morgan fingerprint density at radius 3 is 2.64 bits per heavy atom. The minimum atomic E-state index is -0.189. The number of benzene rings is 1. The van der Waals surface area contributed by atoms with Crippen molar-refractivity contribution in [3.05, 3.63) is 28.7 Å². The summed E-state index contributed by atoms with van der Waals surface area (Å²) in [5.41, 5.74) is 6.72. The maximum atomic E-state index is 10.4. The van der Waals surface area contributed by atoms with Crippen LogP contribution in [-0.4, -0.2) is 10.1 Å². The number of hydrogen-bond acceptors (Lipinski definition) is 2. The van der Waals surface area contributed by atoms with E-state index in [2.05, 4.69) is 0 Å². The molecule has 0 spiro atoms. The van der Waals surface area contributed by atoms with Crippen LogP contribution < -0.4 is 5.73 Å². The summed E-state index contributed by atoms with van der Waals surface area (Å²) in [6.07, 6.45) is 0. The van der Waals surface area contributed by atoms with E-state index in [1.165, 1.54) is 6.07 Å². The molecule has 0 radical (unpaired) electrons. The van der Waals surface area contributed by atoms with Crippen molar-refractivity contribution in [1.82, 2.24) is 0 Å². The van der Waals surface area contributed by atoms with Gasteiger partial charge in [-0.2, -0.15) is 0 Å². The third-order valence-electron chi connectivity index (χ3n) is 1.44. The van der Waals surface area contributed by atoms with Gasteiger partial charge in [-0.3, -0.25) is 0 Å². The van der Waals surface area contributed by atoms with Crippen LogP contribution in [0.25, 0.3) is 0 Å². The molecule has 1 rings (SSSR count). The summed E-state index contributed by atoms with van der Waals surface area (Å²) in [6.45, 7) is 1.72. The van der Waals surface area contributed by atoms with E-state index in [9.17, 15) is 4.91 Å². The third-order valence-corrected chi connectivity index (χ3v) is 1.44. The number of aryl methyl sites for hydroxylation is 1. The van der Waals surface area contributed by atoms with Gasteiger partial charge in [-0.25, -0.2) is 5.21 Å². The highest BCUT2D eigenvalue weighted by Crippen LogP contribution is 2.19. The Bertz CT molecular complexity index is 296. The predicted octanol–water partition coefficient (Wildman–Crippen LogP) is 1.38. The van der Waals surface area contributed by atoms with E-state index < -0.39 is 0 Å². The Morgan fingerprint density at radius 1 is 1.55 bits per heavy atom. The fourth-order valence-corrected chi connectivity index (χ4v) is 0.833. The van der Waals surface area contributed by atoms with Crippen LogP contribution >= 0.6 is 0 Å². The van der Waals surface area contributed by atoms with Gasteiger partial charge in [0.05, 0.1) is 4.91 Å². The smallest absolute Gasteiger partial charge is 0.321 e. The molecule has 0 bridgehead atoms. The average Bonchev–Trinajstić information content (AvgIpc) is 1.94. The van der Waals surface area contributed by atoms with Gasteiger partial charge < -0.3 is 5.73 Å². The Balaban J connectivity index is 3.23. The fourth-order valence-electron chi connectivity index (χ4n) is 0.833. The number of nitrogens with zero attached hydrogens (tertiary/aromatic N) is 1. The van der Waals surface area contributed by atoms with Crippen molar-refractivity contribution in [3.8, 4) is 0 Å². The zero-order valence-electron chi connectivity index (χ0n) is 6.11. The summed E-state index contributed by atoms with van der Waals surface area (Å²) in [7, 11) is 0. The largest absolute Gasteiger partial charge is 0.399 e. The standard InChI is InChI=1S/C7H9N2O2/c1-5-2-3-6(8)4-7(5)9(10)11/h2-4H,8H2,1H3,(H,10,11)/q+1. The number of anilines is 1. The highest BCUT2D eigenvalue weighted by atomic mass is 16.6. The van der Waals surface area contributed by atoms with Crippen LogP contribution in [0.2, 0.25) is 0 Å². The van der Waals surface area contributed by atoms with Crippen molar-refractivity contribution in [1.29, 1.82) is 0 Å². The fraction of sp³-hybridized carbons (Fsp3) is 0.143. The SMILES string of the molecule is Cc1ccc(N)cc1[N+](=O)O. The Kier molecular flexibility index (Phi) is 1.76. The molecule has 0 saturated heterocycles. The van der Waals surface area contributed by atoms with Crippen molar-refractivity contribution in [2.24, 2.45) is 0 Å². The first-order valence-corrected chi connectivity index (χ1v) is 3.13. The second kappa shape index (κ2) is 2.57. The first kappa shape index (κ1) is 7.53. The minimum Gasteiger partial charge on any atom is -0.399 e. The molecule has 4 heteroatoms. The second-order valence-corrected chi connectivity index (χ2v) is 2.32. The lowest BCUT2D eigenvalue weighted by Gasteiger charge is -1.92. The molecule has 0 aliphatic heterocycles. The van der Waals surface area contributed by atoms with Crippen LogP contribution in [0.4, 0.5) is 11.4 Å². The summed E-state index contributed by atoms with van der Waals surface area (Å²) in [5, 5.41) is 8.55. The lowest BCUT2D eigenvalue weighted by molar-refractivity contribution is -0.730. The van der Waals surface area contributed by atoms with Crippen molar-refractivity contribution >= 4 is 11.4 Å². The molecule has 0 heterocycles. The van der Waals surface area contributed by atoms with Crippen LogP contribution in [-0.2, 0) is 0 Å². The average molecular weight is 153 g/mol. The summed E-state index contributed by atoms with van der Waals surface area (Å²) in [6, 6.07) is 4.76. The number of nitrogens with two attached hydrogens (primary N) is 1. The molecule has 4 nitrogen and oxygen atoms in total. The minimum absolute atomic E-state index is 0.185. The summed E-state index contributed by atoms with van der Waals surface area (Å²) < 4.78 is 0. The Hall–Kier alpha value is -1.58. The molecule has 11 heavy (non-hydrogen) atoms. The first-order chi connectivity index (χ1) is 5.11. The van der Waals surface area contributed by atoms with E-state index in [4.69, 9.17) is 10.9 Å². The molecule has 0 atom stereocenters. The number of hydrogen-bond donors (Lipinski definition) is 2. The second-order valence-electron chi connectivity index (χ2n) is 2.32. The van der Waals surface area contributed by atoms with Gasteiger partial charge in [0.15, 0.2) is 0 Å². The monoisotopic (exact) mass is 153 g/mol. The molecule has 1 aromatic carbocycles. The molecule has 0 fully saturated rings. The molecule has 3 N–H and O–H groups in total. The predicted molar refractivity (Wildman–Crippen MR) is 40.7 cm³/mol. The maximum absolute atomic E-state index is 10.4. The molecule has 58 valence electrons. The van der Waals surface area contributed by atoms with Crippen molar-refractivity contribution in [2.45, 2.75) is 6.92 Å². The van der Waals surface area contributed by atoms with Gasteiger partial charge in [0, 0.05) is 17.3 Å². The molecule has 1 aromatic rings. The van der Waals surface area contributed by atoms with E-state index in [0.717, 1.165) is 0 Å². The van der Waals surface area contributed by atoms with Gasteiger partial charge in [-0.1, -0.05) is 6.07 Å². The van der Waals surface area contributed by atoms with Crippen LogP contribution in [0.5, 0.6) is 0 Å². The quantitative estimate of drug-likeness (QED) is 0.473. The molecule has 0 aliphatic rings. The lowest BCUT2D eigenvalue weighted by Crippen LogP contribution is -1.96. The van der Waals surface area contributed by atoms with E-state index in [1.54, 1.807) is 19.1 Å². The highest BCUT2D eigenvalue weighted by molar-refractivity contribution is 5.51. The van der Waals surface area contributed by atoms with Gasteiger partial charge in [0.1, 0.15) is 0 Å². The highest BCUT2D eigenvalue weighted by Gasteiger charge is 2.14. The van der Waals surface area contributed by atoms with Gasteiger partial charge in [0.25, 0.3) is 4.92 Å². The Labute approximate surface area is 63.8 Å². The van der Waals surface area contributed by atoms with Crippen molar-refractivity contribution in [3.63, 3.8) is 0 Å². The first-order valence-electron chi connectivity index (χ1n) is 3.13. The summed E-state index contributed by atoms with van der Waals surface area (Å²) in [5.74, 6) is 0. The molecular weight excluding hydrogens is 144 g/mol. The van der Waals surface area contributed by atoms with E-state index in [1.807, 2.05) is 0 Å². The van der Waals surface area contributed by atoms with Crippen LogP contribution in [0.3, 0.4) is 0 Å². The molecule has 0 amide bonds. The van der Waals surface area contributed by atoms with Crippen molar-refractivity contribution < 1.29 is 10.1 Å². The van der Waals surface area contributed by atoms with Gasteiger partial charge >= 0.3 is 5.69 Å². The molecular formula is C7H9N2O2+. The molecule has 0 saturated carbocycles. The normalized spacial score (nSPS) is 9.55. The maximum Gasteiger partial charge on any atom is 0.321 e. The van der Waals surface area contributed by atoms with Crippen molar-refractivity contribution in [2.75, 3.05) is 5.73 Å². The van der Waals surface area contributed by atoms with Gasteiger partial charge in [-0.05, 0) is 13.0 Å². The van der Waals surface area contributed by atoms with E-state index >= 15 is 0 Å². The summed E-state index contributed by atoms with van der Waals surface area (Å²) >= 11 is 0.